The van der Waals surface area contributed by atoms with Gasteiger partial charge in [-0.3, -0.25) is 4.79 Å². The average Bonchev–Trinajstić information content (AvgIpc) is 3.82. The van der Waals surface area contributed by atoms with Crippen LogP contribution in [0.5, 0.6) is 0 Å². The highest BCUT2D eigenvalue weighted by Crippen LogP contribution is 2.35. The first kappa shape index (κ1) is 33.5. The zero-order valence-electron chi connectivity index (χ0n) is 25.0. The summed E-state index contributed by atoms with van der Waals surface area (Å²) in [4.78, 5) is 25.6. The van der Waals surface area contributed by atoms with Gasteiger partial charge in [-0.2, -0.15) is 4.31 Å². The molecule has 0 unspecified atom stereocenters. The van der Waals surface area contributed by atoms with Crippen molar-refractivity contribution in [2.75, 3.05) is 13.7 Å². The van der Waals surface area contributed by atoms with Crippen molar-refractivity contribution in [1.29, 1.82) is 0 Å². The first-order valence-corrected chi connectivity index (χ1v) is 16.0. The Morgan fingerprint density at radius 1 is 1.02 bits per heavy atom. The van der Waals surface area contributed by atoms with Crippen LogP contribution in [-0.2, 0) is 32.6 Å². The molecule has 0 aromatic heterocycles. The third-order valence-electron chi connectivity index (χ3n) is 7.81. The predicted molar refractivity (Wildman–Crippen MR) is 160 cm³/mol. The van der Waals surface area contributed by atoms with Crippen molar-refractivity contribution in [3.05, 3.63) is 65.2 Å². The Labute approximate surface area is 249 Å². The largest absolute Gasteiger partial charge is 0.453 e. The van der Waals surface area contributed by atoms with E-state index in [2.05, 4.69) is 10.6 Å². The number of amides is 2. The smallest absolute Gasteiger partial charge is 0.407 e. The van der Waals surface area contributed by atoms with Crippen LogP contribution in [0.25, 0.3) is 0 Å². The lowest BCUT2D eigenvalue weighted by Gasteiger charge is -2.33. The number of aryl methyl sites for hydroxylation is 1. The van der Waals surface area contributed by atoms with Crippen molar-refractivity contribution in [3.63, 3.8) is 0 Å². The zero-order valence-corrected chi connectivity index (χ0v) is 25.8. The summed E-state index contributed by atoms with van der Waals surface area (Å²) in [6, 6.07) is 11.8. The summed E-state index contributed by atoms with van der Waals surface area (Å²) in [6.45, 7) is 4.99. The molecular formula is C31H45N3O7S. The van der Waals surface area contributed by atoms with Gasteiger partial charge in [0.15, 0.2) is 0 Å². The molecule has 3 atom stereocenters. The molecule has 0 spiro atoms. The molecule has 0 bridgehead atoms. The molecule has 10 nitrogen and oxygen atoms in total. The number of alkyl carbamates (subject to hydrolysis) is 1. The molecular weight excluding hydrogens is 558 g/mol. The van der Waals surface area contributed by atoms with Crippen LogP contribution in [0.1, 0.15) is 62.6 Å². The SMILES string of the molecule is COC(=O)N[C@@H](Cc1ccccc1C)C(=O)N[C@H](CCC[C@@H](CO)N(C(C)C)S(=O)(=O)c1ccc(CO)cc1)C1CC1. The molecule has 11 heteroatoms. The maximum absolute atomic E-state index is 13.5. The monoisotopic (exact) mass is 603 g/mol. The van der Waals surface area contributed by atoms with E-state index in [-0.39, 0.29) is 30.1 Å². The Hall–Kier alpha value is -2.99. The van der Waals surface area contributed by atoms with Gasteiger partial charge >= 0.3 is 6.09 Å². The first-order valence-electron chi connectivity index (χ1n) is 14.5. The molecule has 0 aliphatic heterocycles. The number of methoxy groups -OCH3 is 1. The van der Waals surface area contributed by atoms with E-state index in [1.807, 2.05) is 31.2 Å². The van der Waals surface area contributed by atoms with E-state index in [0.29, 0.717) is 37.2 Å². The predicted octanol–water partition coefficient (Wildman–Crippen LogP) is 3.28. The van der Waals surface area contributed by atoms with E-state index < -0.39 is 34.2 Å². The van der Waals surface area contributed by atoms with Crippen LogP contribution in [0.15, 0.2) is 53.4 Å². The summed E-state index contributed by atoms with van der Waals surface area (Å²) in [5, 5.41) is 25.4. The Morgan fingerprint density at radius 2 is 1.69 bits per heavy atom. The van der Waals surface area contributed by atoms with E-state index in [4.69, 9.17) is 4.74 Å². The molecule has 1 fully saturated rings. The molecule has 2 aromatic carbocycles. The van der Waals surface area contributed by atoms with Crippen molar-refractivity contribution in [1.82, 2.24) is 14.9 Å². The third kappa shape index (κ3) is 9.00. The molecule has 3 rings (SSSR count). The number of carbonyl (C=O) groups excluding carboxylic acids is 2. The topological polar surface area (TPSA) is 145 Å². The molecule has 2 aromatic rings. The molecule has 0 saturated heterocycles. The number of rotatable bonds is 16. The second-order valence-electron chi connectivity index (χ2n) is 11.3. The number of hydrogen-bond donors (Lipinski definition) is 4. The summed E-state index contributed by atoms with van der Waals surface area (Å²) in [5.41, 5.74) is 2.58. The number of aliphatic hydroxyl groups excluding tert-OH is 2. The van der Waals surface area contributed by atoms with Gasteiger partial charge in [0.25, 0.3) is 0 Å². The summed E-state index contributed by atoms with van der Waals surface area (Å²) < 4.78 is 33.2. The number of sulfonamides is 1. The Bertz CT molecular complexity index is 1280. The Morgan fingerprint density at radius 3 is 2.24 bits per heavy atom. The molecule has 1 saturated carbocycles. The normalized spacial score (nSPS) is 15.7. The maximum atomic E-state index is 13.5. The minimum atomic E-state index is -3.90. The van der Waals surface area contributed by atoms with Crippen LogP contribution in [-0.4, -0.2) is 72.8 Å². The van der Waals surface area contributed by atoms with Gasteiger partial charge < -0.3 is 25.6 Å². The molecule has 1 aliphatic carbocycles. The highest BCUT2D eigenvalue weighted by atomic mass is 32.2. The second kappa shape index (κ2) is 15.5. The van der Waals surface area contributed by atoms with Gasteiger partial charge in [-0.1, -0.05) is 36.4 Å². The van der Waals surface area contributed by atoms with Gasteiger partial charge in [-0.05, 0) is 87.6 Å². The third-order valence-corrected chi connectivity index (χ3v) is 9.95. The highest BCUT2D eigenvalue weighted by molar-refractivity contribution is 7.89. The number of nitrogens with one attached hydrogen (secondary N) is 2. The highest BCUT2D eigenvalue weighted by Gasteiger charge is 2.36. The van der Waals surface area contributed by atoms with E-state index >= 15 is 0 Å². The van der Waals surface area contributed by atoms with Gasteiger partial charge in [0.2, 0.25) is 15.9 Å². The lowest BCUT2D eigenvalue weighted by molar-refractivity contribution is -0.124. The summed E-state index contributed by atoms with van der Waals surface area (Å²) >= 11 is 0. The van der Waals surface area contributed by atoms with Crippen molar-refractivity contribution in [2.24, 2.45) is 5.92 Å². The van der Waals surface area contributed by atoms with E-state index in [9.17, 15) is 28.2 Å². The number of benzene rings is 2. The number of carbonyl (C=O) groups is 2. The summed E-state index contributed by atoms with van der Waals surface area (Å²) in [6.07, 6.45) is 3.21. The molecule has 42 heavy (non-hydrogen) atoms. The first-order chi connectivity index (χ1) is 20.0. The fourth-order valence-electron chi connectivity index (χ4n) is 5.33. The van der Waals surface area contributed by atoms with Gasteiger partial charge in [-0.25, -0.2) is 13.2 Å². The zero-order chi connectivity index (χ0) is 30.9. The number of nitrogens with zero attached hydrogens (tertiary/aromatic N) is 1. The minimum Gasteiger partial charge on any atom is -0.453 e. The van der Waals surface area contributed by atoms with Crippen LogP contribution in [0.4, 0.5) is 4.79 Å². The lowest BCUT2D eigenvalue weighted by Crippen LogP contribution is -2.51. The number of aliphatic hydroxyl groups is 2. The van der Waals surface area contributed by atoms with Crippen LogP contribution >= 0.6 is 0 Å². The fourth-order valence-corrected chi connectivity index (χ4v) is 7.18. The van der Waals surface area contributed by atoms with Crippen LogP contribution < -0.4 is 10.6 Å². The molecule has 0 heterocycles. The molecule has 2 amide bonds. The maximum Gasteiger partial charge on any atom is 0.407 e. The molecule has 232 valence electrons. The van der Waals surface area contributed by atoms with E-state index in [1.165, 1.54) is 23.5 Å². The summed E-state index contributed by atoms with van der Waals surface area (Å²) in [7, 11) is -2.64. The van der Waals surface area contributed by atoms with Gasteiger partial charge in [0.05, 0.1) is 25.2 Å². The molecule has 4 N–H and O–H groups in total. The standard InChI is InChI=1S/C31H45N3O7S/c1-21(2)34(42(39,40)27-16-12-23(19-35)13-17-27)26(20-36)10-7-11-28(24-14-15-24)32-30(37)29(33-31(38)41-4)18-25-9-6-5-8-22(25)3/h5-6,8-9,12-13,16-17,21,24,26,28-29,35-36H,7,10-11,14-15,18-20H2,1-4H3,(H,32,37)(H,33,38)/t26-,28+,29-/m0/s1. The minimum absolute atomic E-state index is 0.104. The number of hydrogen-bond acceptors (Lipinski definition) is 7. The van der Waals surface area contributed by atoms with Crippen molar-refractivity contribution < 1.29 is 33.0 Å². The van der Waals surface area contributed by atoms with Crippen LogP contribution in [0.2, 0.25) is 0 Å². The van der Waals surface area contributed by atoms with Crippen molar-refractivity contribution in [2.45, 2.75) is 95.0 Å². The Kier molecular flexibility index (Phi) is 12.3. The van der Waals surface area contributed by atoms with Gasteiger partial charge in [0, 0.05) is 24.5 Å². The average molecular weight is 604 g/mol. The lowest BCUT2D eigenvalue weighted by atomic mass is 9.98. The van der Waals surface area contributed by atoms with Crippen LogP contribution in [0.3, 0.4) is 0 Å². The van der Waals surface area contributed by atoms with Crippen LogP contribution in [0, 0.1) is 12.8 Å². The number of ether oxygens (including phenoxy) is 1. The Balaban J connectivity index is 1.68. The van der Waals surface area contributed by atoms with Crippen molar-refractivity contribution in [3.8, 4) is 0 Å². The van der Waals surface area contributed by atoms with Gasteiger partial charge in [-0.15, -0.1) is 0 Å². The van der Waals surface area contributed by atoms with Crippen molar-refractivity contribution >= 4 is 22.0 Å². The van der Waals surface area contributed by atoms with Gasteiger partial charge in [0.1, 0.15) is 6.04 Å². The molecule has 0 radical (unpaired) electrons. The van der Waals surface area contributed by atoms with E-state index in [0.717, 1.165) is 24.0 Å². The van der Waals surface area contributed by atoms with E-state index in [1.54, 1.807) is 26.0 Å². The quantitative estimate of drug-likeness (QED) is 0.230. The fraction of sp³-hybridized carbons (Fsp3) is 0.548. The molecule has 1 aliphatic rings. The summed E-state index contributed by atoms with van der Waals surface area (Å²) in [5.74, 6) is 0.0192. The second-order valence-corrected chi connectivity index (χ2v) is 13.1.